The fourth-order valence-corrected chi connectivity index (χ4v) is 4.01. The van der Waals surface area contributed by atoms with Gasteiger partial charge in [-0.1, -0.05) is 12.1 Å². The Morgan fingerprint density at radius 1 is 1.10 bits per heavy atom. The van der Waals surface area contributed by atoms with E-state index < -0.39 is 0 Å². The zero-order valence-corrected chi connectivity index (χ0v) is 16.9. The van der Waals surface area contributed by atoms with E-state index in [1.54, 1.807) is 14.2 Å². The second-order valence-electron chi connectivity index (χ2n) is 7.09. The molecule has 0 saturated heterocycles. The van der Waals surface area contributed by atoms with E-state index in [2.05, 4.69) is 22.0 Å². The van der Waals surface area contributed by atoms with Crippen LogP contribution in [0.5, 0.6) is 11.5 Å². The molecule has 0 spiro atoms. The van der Waals surface area contributed by atoms with Gasteiger partial charge in [0.2, 0.25) is 0 Å². The van der Waals surface area contributed by atoms with Crippen LogP contribution in [0.15, 0.2) is 42.6 Å². The van der Waals surface area contributed by atoms with Crippen molar-refractivity contribution in [1.82, 2.24) is 9.88 Å². The van der Waals surface area contributed by atoms with Crippen LogP contribution in [0.1, 0.15) is 27.0 Å². The maximum atomic E-state index is 12.1. The van der Waals surface area contributed by atoms with Crippen LogP contribution >= 0.6 is 0 Å². The van der Waals surface area contributed by atoms with E-state index in [1.165, 1.54) is 18.2 Å². The van der Waals surface area contributed by atoms with Crippen molar-refractivity contribution in [3.05, 3.63) is 64.8 Å². The minimum Gasteiger partial charge on any atom is -0.493 e. The SMILES string of the molecule is COC(=O)c1cccc2c1CCN(Cc1ccnc3cc(OC)c(OC)cc13)C2. The summed E-state index contributed by atoms with van der Waals surface area (Å²) in [6.07, 6.45) is 2.65. The molecule has 150 valence electrons. The van der Waals surface area contributed by atoms with Crippen molar-refractivity contribution >= 4 is 16.9 Å². The number of rotatable bonds is 5. The Balaban J connectivity index is 1.63. The second-order valence-corrected chi connectivity index (χ2v) is 7.09. The predicted molar refractivity (Wildman–Crippen MR) is 110 cm³/mol. The molecule has 6 heteroatoms. The highest BCUT2D eigenvalue weighted by molar-refractivity contribution is 5.91. The van der Waals surface area contributed by atoms with Gasteiger partial charge in [-0.05, 0) is 41.3 Å². The molecule has 0 saturated carbocycles. The molecule has 1 aliphatic rings. The van der Waals surface area contributed by atoms with Gasteiger partial charge in [0.05, 0.1) is 32.4 Å². The molecular formula is C23H24N2O4. The van der Waals surface area contributed by atoms with E-state index >= 15 is 0 Å². The average molecular weight is 392 g/mol. The fraction of sp³-hybridized carbons (Fsp3) is 0.304. The number of esters is 1. The van der Waals surface area contributed by atoms with Crippen LogP contribution in [0.2, 0.25) is 0 Å². The number of benzene rings is 2. The highest BCUT2D eigenvalue weighted by Crippen LogP contribution is 2.33. The van der Waals surface area contributed by atoms with Crippen molar-refractivity contribution in [2.24, 2.45) is 0 Å². The molecule has 0 atom stereocenters. The first-order chi connectivity index (χ1) is 14.1. The molecule has 0 fully saturated rings. The van der Waals surface area contributed by atoms with Gasteiger partial charge in [0, 0.05) is 37.3 Å². The van der Waals surface area contributed by atoms with Crippen LogP contribution in [-0.2, 0) is 24.2 Å². The highest BCUT2D eigenvalue weighted by Gasteiger charge is 2.22. The van der Waals surface area contributed by atoms with Gasteiger partial charge in [-0.25, -0.2) is 4.79 Å². The summed E-state index contributed by atoms with van der Waals surface area (Å²) in [5.41, 5.74) is 5.02. The summed E-state index contributed by atoms with van der Waals surface area (Å²) in [5, 5.41) is 1.05. The van der Waals surface area contributed by atoms with Crippen LogP contribution in [-0.4, -0.2) is 43.7 Å². The average Bonchev–Trinajstić information content (AvgIpc) is 2.77. The molecule has 6 nitrogen and oxygen atoms in total. The van der Waals surface area contributed by atoms with Crippen molar-refractivity contribution < 1.29 is 19.0 Å². The lowest BCUT2D eigenvalue weighted by molar-refractivity contribution is 0.0598. The molecule has 0 radical (unpaired) electrons. The van der Waals surface area contributed by atoms with E-state index in [-0.39, 0.29) is 5.97 Å². The lowest BCUT2D eigenvalue weighted by atomic mass is 9.94. The zero-order valence-electron chi connectivity index (χ0n) is 16.9. The predicted octanol–water partition coefficient (Wildman–Crippen LogP) is 3.60. The zero-order chi connectivity index (χ0) is 20.4. The van der Waals surface area contributed by atoms with Crippen molar-refractivity contribution in [2.75, 3.05) is 27.9 Å². The topological polar surface area (TPSA) is 60.9 Å². The normalized spacial score (nSPS) is 13.8. The van der Waals surface area contributed by atoms with Gasteiger partial charge in [-0.2, -0.15) is 0 Å². The molecule has 0 unspecified atom stereocenters. The van der Waals surface area contributed by atoms with E-state index in [1.807, 2.05) is 30.5 Å². The molecule has 2 heterocycles. The summed E-state index contributed by atoms with van der Waals surface area (Å²) in [6, 6.07) is 11.8. The first-order valence-electron chi connectivity index (χ1n) is 9.55. The Labute approximate surface area is 170 Å². The van der Waals surface area contributed by atoms with Crippen molar-refractivity contribution in [3.63, 3.8) is 0 Å². The van der Waals surface area contributed by atoms with E-state index in [9.17, 15) is 4.79 Å². The Morgan fingerprint density at radius 3 is 2.66 bits per heavy atom. The lowest BCUT2D eigenvalue weighted by Gasteiger charge is -2.30. The molecule has 0 amide bonds. The third-order valence-electron chi connectivity index (χ3n) is 5.48. The van der Waals surface area contributed by atoms with Crippen LogP contribution in [0.25, 0.3) is 10.9 Å². The number of fused-ring (bicyclic) bond motifs is 2. The Morgan fingerprint density at radius 2 is 1.90 bits per heavy atom. The number of carbonyl (C=O) groups excluding carboxylic acids is 1. The molecule has 0 N–H and O–H groups in total. The fourth-order valence-electron chi connectivity index (χ4n) is 4.01. The Bertz CT molecular complexity index is 1060. The number of pyridine rings is 1. The number of ether oxygens (including phenoxy) is 3. The molecule has 3 aromatic rings. The number of carbonyl (C=O) groups is 1. The smallest absolute Gasteiger partial charge is 0.338 e. The van der Waals surface area contributed by atoms with Crippen molar-refractivity contribution in [2.45, 2.75) is 19.5 Å². The summed E-state index contributed by atoms with van der Waals surface area (Å²) in [7, 11) is 4.69. The first-order valence-corrected chi connectivity index (χ1v) is 9.55. The maximum Gasteiger partial charge on any atom is 0.338 e. The summed E-state index contributed by atoms with van der Waals surface area (Å²) in [6.45, 7) is 2.45. The quantitative estimate of drug-likeness (QED) is 0.619. The van der Waals surface area contributed by atoms with Crippen molar-refractivity contribution in [1.29, 1.82) is 0 Å². The van der Waals surface area contributed by atoms with Gasteiger partial charge in [0.25, 0.3) is 0 Å². The van der Waals surface area contributed by atoms with Gasteiger partial charge in [-0.3, -0.25) is 9.88 Å². The third kappa shape index (κ3) is 3.63. The van der Waals surface area contributed by atoms with Crippen molar-refractivity contribution in [3.8, 4) is 11.5 Å². The van der Waals surface area contributed by atoms with Gasteiger partial charge in [0.1, 0.15) is 0 Å². The van der Waals surface area contributed by atoms with E-state index in [0.717, 1.165) is 42.5 Å². The lowest BCUT2D eigenvalue weighted by Crippen LogP contribution is -2.31. The standard InChI is InChI=1S/C23H24N2O4/c1-27-21-11-19-16(7-9-24-20(19)12-22(21)28-2)14-25-10-8-17-15(13-25)5-4-6-18(17)23(26)29-3/h4-7,9,11-12H,8,10,13-14H2,1-3H3. The van der Waals surface area contributed by atoms with Crippen LogP contribution in [0, 0.1) is 0 Å². The number of methoxy groups -OCH3 is 3. The number of hydrogen-bond donors (Lipinski definition) is 0. The largest absolute Gasteiger partial charge is 0.493 e. The summed E-state index contributed by atoms with van der Waals surface area (Å²) in [5.74, 6) is 1.10. The first kappa shape index (κ1) is 19.2. The molecule has 4 rings (SSSR count). The van der Waals surface area contributed by atoms with E-state index in [0.29, 0.717) is 17.1 Å². The Hall–Kier alpha value is -3.12. The van der Waals surface area contributed by atoms with Gasteiger partial charge in [0.15, 0.2) is 11.5 Å². The van der Waals surface area contributed by atoms with Gasteiger partial charge < -0.3 is 14.2 Å². The molecule has 1 aromatic heterocycles. The second kappa shape index (κ2) is 8.09. The molecular weight excluding hydrogens is 368 g/mol. The number of nitrogens with zero attached hydrogens (tertiary/aromatic N) is 2. The molecule has 2 aromatic carbocycles. The monoisotopic (exact) mass is 392 g/mol. The van der Waals surface area contributed by atoms with Crippen LogP contribution in [0.3, 0.4) is 0 Å². The summed E-state index contributed by atoms with van der Waals surface area (Å²) >= 11 is 0. The van der Waals surface area contributed by atoms with Gasteiger partial charge >= 0.3 is 5.97 Å². The maximum absolute atomic E-state index is 12.1. The number of hydrogen-bond acceptors (Lipinski definition) is 6. The summed E-state index contributed by atoms with van der Waals surface area (Å²) < 4.78 is 15.8. The Kier molecular flexibility index (Phi) is 5.36. The minimum absolute atomic E-state index is 0.267. The van der Waals surface area contributed by atoms with Crippen LogP contribution in [0.4, 0.5) is 0 Å². The summed E-state index contributed by atoms with van der Waals surface area (Å²) in [4.78, 5) is 18.9. The number of aromatic nitrogens is 1. The molecule has 29 heavy (non-hydrogen) atoms. The van der Waals surface area contributed by atoms with Crippen LogP contribution < -0.4 is 9.47 Å². The van der Waals surface area contributed by atoms with E-state index in [4.69, 9.17) is 14.2 Å². The molecule has 1 aliphatic heterocycles. The van der Waals surface area contributed by atoms with Gasteiger partial charge in [-0.15, -0.1) is 0 Å². The molecule has 0 bridgehead atoms. The highest BCUT2D eigenvalue weighted by atomic mass is 16.5. The molecule has 0 aliphatic carbocycles. The third-order valence-corrected chi connectivity index (χ3v) is 5.48. The minimum atomic E-state index is -0.267.